The molecule has 1 rings (SSSR count). The zero-order chi connectivity index (χ0) is 11.3. The quantitative estimate of drug-likeness (QED) is 0.407. The van der Waals surface area contributed by atoms with Crippen LogP contribution in [0.2, 0.25) is 0 Å². The summed E-state index contributed by atoms with van der Waals surface area (Å²) in [5.74, 6) is -0.811. The third kappa shape index (κ3) is 2.91. The SMILES string of the molecule is C/C=C/CC1CCCC(C(=O)OC)C1=O. The summed E-state index contributed by atoms with van der Waals surface area (Å²) in [6.07, 6.45) is 7.17. The second kappa shape index (κ2) is 5.69. The van der Waals surface area contributed by atoms with Crippen LogP contribution in [0.1, 0.15) is 32.6 Å². The number of rotatable bonds is 3. The fraction of sp³-hybridized carbons (Fsp3) is 0.667. The van der Waals surface area contributed by atoms with Gasteiger partial charge in [-0.1, -0.05) is 18.6 Å². The van der Waals surface area contributed by atoms with Crippen LogP contribution in [0.4, 0.5) is 0 Å². The van der Waals surface area contributed by atoms with Gasteiger partial charge in [-0.2, -0.15) is 0 Å². The van der Waals surface area contributed by atoms with Crippen molar-refractivity contribution in [3.05, 3.63) is 12.2 Å². The molecule has 0 radical (unpaired) electrons. The van der Waals surface area contributed by atoms with Crippen LogP contribution in [-0.4, -0.2) is 18.9 Å². The number of carbonyl (C=O) groups excluding carboxylic acids is 2. The molecule has 0 aromatic heterocycles. The number of esters is 1. The molecule has 0 saturated heterocycles. The lowest BCUT2D eigenvalue weighted by Gasteiger charge is -2.25. The Morgan fingerprint density at radius 1 is 1.53 bits per heavy atom. The molecular weight excluding hydrogens is 192 g/mol. The van der Waals surface area contributed by atoms with E-state index in [1.807, 2.05) is 19.1 Å². The van der Waals surface area contributed by atoms with Crippen LogP contribution in [0.3, 0.4) is 0 Å². The summed E-state index contributed by atoms with van der Waals surface area (Å²) >= 11 is 0. The molecule has 15 heavy (non-hydrogen) atoms. The first-order valence-corrected chi connectivity index (χ1v) is 5.43. The summed E-state index contributed by atoms with van der Waals surface area (Å²) in [7, 11) is 1.34. The number of hydrogen-bond donors (Lipinski definition) is 0. The monoisotopic (exact) mass is 210 g/mol. The number of hydrogen-bond acceptors (Lipinski definition) is 3. The van der Waals surface area contributed by atoms with E-state index in [9.17, 15) is 9.59 Å². The van der Waals surface area contributed by atoms with Gasteiger partial charge in [-0.15, -0.1) is 0 Å². The van der Waals surface area contributed by atoms with Crippen molar-refractivity contribution in [3.8, 4) is 0 Å². The van der Waals surface area contributed by atoms with Crippen LogP contribution in [0.25, 0.3) is 0 Å². The lowest BCUT2D eigenvalue weighted by Crippen LogP contribution is -2.34. The molecule has 0 amide bonds. The average Bonchev–Trinajstić information content (AvgIpc) is 2.27. The Labute approximate surface area is 90.5 Å². The maximum atomic E-state index is 11.9. The molecule has 3 nitrogen and oxygen atoms in total. The fourth-order valence-corrected chi connectivity index (χ4v) is 2.05. The van der Waals surface area contributed by atoms with Gasteiger partial charge in [-0.3, -0.25) is 9.59 Å². The highest BCUT2D eigenvalue weighted by molar-refractivity contribution is 6.00. The van der Waals surface area contributed by atoms with Crippen molar-refractivity contribution in [1.82, 2.24) is 0 Å². The Balaban J connectivity index is 2.62. The summed E-state index contributed by atoms with van der Waals surface area (Å²) in [4.78, 5) is 23.2. The zero-order valence-corrected chi connectivity index (χ0v) is 9.36. The predicted molar refractivity (Wildman–Crippen MR) is 57.3 cm³/mol. The molecular formula is C12H18O3. The molecule has 0 bridgehead atoms. The molecule has 84 valence electrons. The van der Waals surface area contributed by atoms with E-state index in [0.29, 0.717) is 6.42 Å². The van der Waals surface area contributed by atoms with Crippen molar-refractivity contribution in [2.24, 2.45) is 11.8 Å². The molecule has 0 aromatic rings. The highest BCUT2D eigenvalue weighted by Gasteiger charge is 2.35. The van der Waals surface area contributed by atoms with E-state index < -0.39 is 5.92 Å². The van der Waals surface area contributed by atoms with Crippen molar-refractivity contribution >= 4 is 11.8 Å². The van der Waals surface area contributed by atoms with E-state index in [-0.39, 0.29) is 17.7 Å². The van der Waals surface area contributed by atoms with Crippen LogP contribution in [0.5, 0.6) is 0 Å². The number of carbonyl (C=O) groups is 2. The molecule has 3 heteroatoms. The number of allylic oxidation sites excluding steroid dienone is 2. The van der Waals surface area contributed by atoms with E-state index >= 15 is 0 Å². The Morgan fingerprint density at radius 3 is 2.87 bits per heavy atom. The second-order valence-corrected chi connectivity index (χ2v) is 3.91. The van der Waals surface area contributed by atoms with Crippen molar-refractivity contribution in [2.75, 3.05) is 7.11 Å². The normalized spacial score (nSPS) is 26.9. The van der Waals surface area contributed by atoms with Crippen LogP contribution < -0.4 is 0 Å². The minimum atomic E-state index is -0.515. The van der Waals surface area contributed by atoms with Crippen molar-refractivity contribution in [3.63, 3.8) is 0 Å². The summed E-state index contributed by atoms with van der Waals surface area (Å²) in [5.41, 5.74) is 0. The molecule has 2 unspecified atom stereocenters. The first-order chi connectivity index (χ1) is 7.20. The first kappa shape index (κ1) is 12.0. The smallest absolute Gasteiger partial charge is 0.316 e. The summed E-state index contributed by atoms with van der Waals surface area (Å²) in [6.45, 7) is 1.94. The van der Waals surface area contributed by atoms with Crippen molar-refractivity contribution in [1.29, 1.82) is 0 Å². The molecule has 1 saturated carbocycles. The number of Topliss-reactive ketones (excluding diaryl/α,β-unsaturated/α-hetero) is 1. The minimum absolute atomic E-state index is 0.0130. The van der Waals surface area contributed by atoms with E-state index in [0.717, 1.165) is 19.3 Å². The van der Waals surface area contributed by atoms with Gasteiger partial charge in [-0.05, 0) is 26.2 Å². The van der Waals surface area contributed by atoms with E-state index in [2.05, 4.69) is 4.74 Å². The number of ketones is 1. The standard InChI is InChI=1S/C12H18O3/c1-3-4-6-9-7-5-8-10(11(9)13)12(14)15-2/h3-4,9-10H,5-8H2,1-2H3/b4-3+. The molecule has 1 aliphatic rings. The molecule has 1 fully saturated rings. The second-order valence-electron chi connectivity index (χ2n) is 3.91. The van der Waals surface area contributed by atoms with Crippen LogP contribution in [-0.2, 0) is 14.3 Å². The van der Waals surface area contributed by atoms with E-state index in [1.165, 1.54) is 7.11 Å². The number of ether oxygens (including phenoxy) is 1. The third-order valence-corrected chi connectivity index (χ3v) is 2.93. The minimum Gasteiger partial charge on any atom is -0.468 e. The maximum Gasteiger partial charge on any atom is 0.316 e. The van der Waals surface area contributed by atoms with E-state index in [1.54, 1.807) is 0 Å². The molecule has 1 aliphatic carbocycles. The Kier molecular flexibility index (Phi) is 4.53. The van der Waals surface area contributed by atoms with Gasteiger partial charge in [0.1, 0.15) is 11.7 Å². The highest BCUT2D eigenvalue weighted by Crippen LogP contribution is 2.28. The lowest BCUT2D eigenvalue weighted by atomic mass is 9.78. The van der Waals surface area contributed by atoms with Crippen LogP contribution in [0.15, 0.2) is 12.2 Å². The molecule has 0 spiro atoms. The average molecular weight is 210 g/mol. The summed E-state index contributed by atoms with van der Waals surface area (Å²) in [6, 6.07) is 0. The van der Waals surface area contributed by atoms with Gasteiger partial charge in [0.2, 0.25) is 0 Å². The van der Waals surface area contributed by atoms with E-state index in [4.69, 9.17) is 0 Å². The van der Waals surface area contributed by atoms with Crippen molar-refractivity contribution < 1.29 is 14.3 Å². The third-order valence-electron chi connectivity index (χ3n) is 2.93. The maximum absolute atomic E-state index is 11.9. The fourth-order valence-electron chi connectivity index (χ4n) is 2.05. The van der Waals surface area contributed by atoms with Gasteiger partial charge < -0.3 is 4.74 Å². The molecule has 0 heterocycles. The molecule has 0 aromatic carbocycles. The van der Waals surface area contributed by atoms with Gasteiger partial charge in [0.05, 0.1) is 7.11 Å². The van der Waals surface area contributed by atoms with Crippen LogP contribution >= 0.6 is 0 Å². The summed E-state index contributed by atoms with van der Waals surface area (Å²) < 4.78 is 4.64. The highest BCUT2D eigenvalue weighted by atomic mass is 16.5. The Bertz CT molecular complexity index is 268. The Hall–Kier alpha value is -1.12. The largest absolute Gasteiger partial charge is 0.468 e. The lowest BCUT2D eigenvalue weighted by molar-refractivity contribution is -0.152. The molecule has 0 N–H and O–H groups in total. The van der Waals surface area contributed by atoms with Gasteiger partial charge in [0, 0.05) is 5.92 Å². The van der Waals surface area contributed by atoms with Crippen molar-refractivity contribution in [2.45, 2.75) is 32.6 Å². The first-order valence-electron chi connectivity index (χ1n) is 5.43. The van der Waals surface area contributed by atoms with Gasteiger partial charge >= 0.3 is 5.97 Å². The van der Waals surface area contributed by atoms with Gasteiger partial charge in [0.25, 0.3) is 0 Å². The predicted octanol–water partition coefficient (Wildman–Crippen LogP) is 2.11. The Morgan fingerprint density at radius 2 is 2.27 bits per heavy atom. The number of methoxy groups -OCH3 is 1. The van der Waals surface area contributed by atoms with Gasteiger partial charge in [0.15, 0.2) is 0 Å². The van der Waals surface area contributed by atoms with Crippen LogP contribution in [0, 0.1) is 11.8 Å². The molecule has 2 atom stereocenters. The topological polar surface area (TPSA) is 43.4 Å². The molecule has 0 aliphatic heterocycles. The van der Waals surface area contributed by atoms with Gasteiger partial charge in [-0.25, -0.2) is 0 Å². The summed E-state index contributed by atoms with van der Waals surface area (Å²) in [5, 5.41) is 0. The zero-order valence-electron chi connectivity index (χ0n) is 9.36.